The van der Waals surface area contributed by atoms with Gasteiger partial charge in [0.05, 0.1) is 23.5 Å². The lowest BCUT2D eigenvalue weighted by Gasteiger charge is -2.07. The fourth-order valence-corrected chi connectivity index (χ4v) is 1.34. The summed E-state index contributed by atoms with van der Waals surface area (Å²) in [4.78, 5) is 3.88. The third kappa shape index (κ3) is 2.37. The average Bonchev–Trinajstić information content (AvgIpc) is 2.42. The second-order valence-corrected chi connectivity index (χ2v) is 3.46. The number of nitrogens with zero attached hydrogens (tertiary/aromatic N) is 3. The highest BCUT2D eigenvalue weighted by atomic mass is 16.5. The molecular formula is C13H8N4O. The summed E-state index contributed by atoms with van der Waals surface area (Å²) in [6.45, 7) is 0. The van der Waals surface area contributed by atoms with Crippen LogP contribution in [-0.4, -0.2) is 4.98 Å². The molecule has 0 bridgehead atoms. The zero-order valence-electron chi connectivity index (χ0n) is 9.29. The lowest BCUT2D eigenvalue weighted by molar-refractivity contribution is 0.482. The number of nitriles is 2. The van der Waals surface area contributed by atoms with Gasteiger partial charge in [-0.1, -0.05) is 0 Å². The van der Waals surface area contributed by atoms with Gasteiger partial charge >= 0.3 is 0 Å². The van der Waals surface area contributed by atoms with Crippen LogP contribution in [0.2, 0.25) is 0 Å². The molecule has 0 saturated carbocycles. The van der Waals surface area contributed by atoms with Crippen molar-refractivity contribution < 1.29 is 4.74 Å². The fourth-order valence-electron chi connectivity index (χ4n) is 1.34. The van der Waals surface area contributed by atoms with Crippen molar-refractivity contribution in [3.05, 3.63) is 47.8 Å². The van der Waals surface area contributed by atoms with Crippen LogP contribution in [0.3, 0.4) is 0 Å². The zero-order valence-corrected chi connectivity index (χ0v) is 9.29. The molecule has 0 aliphatic carbocycles. The molecular weight excluding hydrogens is 228 g/mol. The molecule has 0 spiro atoms. The number of nitrogen functional groups attached to an aromatic ring is 1. The first-order valence-corrected chi connectivity index (χ1v) is 5.06. The monoisotopic (exact) mass is 236 g/mol. The molecule has 0 fully saturated rings. The second-order valence-electron chi connectivity index (χ2n) is 3.46. The van der Waals surface area contributed by atoms with Crippen molar-refractivity contribution in [2.24, 2.45) is 0 Å². The molecule has 1 heterocycles. The van der Waals surface area contributed by atoms with Crippen molar-refractivity contribution in [3.8, 4) is 23.6 Å². The van der Waals surface area contributed by atoms with Crippen LogP contribution in [0, 0.1) is 22.7 Å². The predicted molar refractivity (Wildman–Crippen MR) is 64.6 cm³/mol. The van der Waals surface area contributed by atoms with Crippen LogP contribution in [0.4, 0.5) is 5.69 Å². The number of ether oxygens (including phenoxy) is 1. The molecule has 0 atom stereocenters. The Bertz CT molecular complexity index is 650. The zero-order chi connectivity index (χ0) is 13.0. The molecule has 86 valence electrons. The van der Waals surface area contributed by atoms with Gasteiger partial charge in [-0.3, -0.25) is 0 Å². The number of nitrogens with two attached hydrogens (primary N) is 1. The number of pyridine rings is 1. The smallest absolute Gasteiger partial charge is 0.150 e. The third-order valence-electron chi connectivity index (χ3n) is 2.22. The molecule has 0 aliphatic heterocycles. The molecule has 0 unspecified atom stereocenters. The standard InChI is InChI=1S/C13H8N4O/c14-6-9-1-4-13(12(16)5-9)18-11-3-2-10(7-15)17-8-11/h1-5,8H,16H2. The first kappa shape index (κ1) is 11.4. The summed E-state index contributed by atoms with van der Waals surface area (Å²) >= 11 is 0. The van der Waals surface area contributed by atoms with Gasteiger partial charge < -0.3 is 10.5 Å². The van der Waals surface area contributed by atoms with E-state index in [1.54, 1.807) is 24.3 Å². The molecule has 0 saturated heterocycles. The number of benzene rings is 1. The van der Waals surface area contributed by atoms with E-state index in [0.29, 0.717) is 28.4 Å². The van der Waals surface area contributed by atoms with E-state index >= 15 is 0 Å². The SMILES string of the molecule is N#Cc1ccc(Oc2ccc(C#N)nc2)c(N)c1. The van der Waals surface area contributed by atoms with Gasteiger partial charge in [0.15, 0.2) is 0 Å². The summed E-state index contributed by atoms with van der Waals surface area (Å²) in [7, 11) is 0. The maximum Gasteiger partial charge on any atom is 0.150 e. The normalized spacial score (nSPS) is 9.22. The van der Waals surface area contributed by atoms with E-state index in [9.17, 15) is 0 Å². The Balaban J connectivity index is 2.24. The maximum absolute atomic E-state index is 8.71. The molecule has 0 amide bonds. The van der Waals surface area contributed by atoms with Gasteiger partial charge in [-0.05, 0) is 30.3 Å². The van der Waals surface area contributed by atoms with Crippen LogP contribution in [0.25, 0.3) is 0 Å². The summed E-state index contributed by atoms with van der Waals surface area (Å²) in [5.41, 5.74) is 6.91. The van der Waals surface area contributed by atoms with E-state index in [-0.39, 0.29) is 0 Å². The van der Waals surface area contributed by atoms with E-state index in [1.165, 1.54) is 12.3 Å². The van der Waals surface area contributed by atoms with Crippen LogP contribution >= 0.6 is 0 Å². The first-order chi connectivity index (χ1) is 8.72. The molecule has 0 aliphatic rings. The quantitative estimate of drug-likeness (QED) is 0.806. The number of hydrogen-bond acceptors (Lipinski definition) is 5. The summed E-state index contributed by atoms with van der Waals surface area (Å²) in [6, 6.07) is 11.9. The number of rotatable bonds is 2. The van der Waals surface area contributed by atoms with Gasteiger partial charge in [0.1, 0.15) is 23.3 Å². The van der Waals surface area contributed by atoms with Crippen molar-refractivity contribution in [1.29, 1.82) is 10.5 Å². The van der Waals surface area contributed by atoms with Crippen molar-refractivity contribution in [2.45, 2.75) is 0 Å². The second kappa shape index (κ2) is 4.86. The largest absolute Gasteiger partial charge is 0.454 e. The topological polar surface area (TPSA) is 95.7 Å². The van der Waals surface area contributed by atoms with Gasteiger partial charge in [0.25, 0.3) is 0 Å². The Labute approximate surface area is 104 Å². The molecule has 5 nitrogen and oxygen atoms in total. The third-order valence-corrected chi connectivity index (χ3v) is 2.22. The van der Waals surface area contributed by atoms with E-state index in [1.807, 2.05) is 12.1 Å². The van der Waals surface area contributed by atoms with Gasteiger partial charge in [-0.25, -0.2) is 4.98 Å². The molecule has 1 aromatic carbocycles. The van der Waals surface area contributed by atoms with Gasteiger partial charge in [0.2, 0.25) is 0 Å². The minimum Gasteiger partial charge on any atom is -0.454 e. The number of hydrogen-bond donors (Lipinski definition) is 1. The van der Waals surface area contributed by atoms with Crippen molar-refractivity contribution in [2.75, 3.05) is 5.73 Å². The van der Waals surface area contributed by atoms with E-state index in [2.05, 4.69) is 4.98 Å². The molecule has 18 heavy (non-hydrogen) atoms. The van der Waals surface area contributed by atoms with Gasteiger partial charge in [-0.15, -0.1) is 0 Å². The van der Waals surface area contributed by atoms with Crippen LogP contribution in [0.5, 0.6) is 11.5 Å². The summed E-state index contributed by atoms with van der Waals surface area (Å²) in [5.74, 6) is 0.922. The summed E-state index contributed by atoms with van der Waals surface area (Å²) in [6.07, 6.45) is 1.44. The first-order valence-electron chi connectivity index (χ1n) is 5.06. The Morgan fingerprint density at radius 2 is 1.94 bits per heavy atom. The minimum atomic E-state index is 0.315. The van der Waals surface area contributed by atoms with Gasteiger partial charge in [-0.2, -0.15) is 10.5 Å². The Morgan fingerprint density at radius 1 is 1.11 bits per heavy atom. The van der Waals surface area contributed by atoms with Crippen LogP contribution < -0.4 is 10.5 Å². The molecule has 1 aromatic heterocycles. The van der Waals surface area contributed by atoms with E-state index in [0.717, 1.165) is 0 Å². The number of aromatic nitrogens is 1. The molecule has 2 rings (SSSR count). The van der Waals surface area contributed by atoms with Crippen molar-refractivity contribution in [1.82, 2.24) is 4.98 Å². The van der Waals surface area contributed by atoms with Crippen LogP contribution in [-0.2, 0) is 0 Å². The molecule has 0 radical (unpaired) electrons. The highest BCUT2D eigenvalue weighted by Crippen LogP contribution is 2.27. The molecule has 5 heteroatoms. The maximum atomic E-state index is 8.71. The summed E-state index contributed by atoms with van der Waals surface area (Å²) in [5, 5.41) is 17.3. The Kier molecular flexibility index (Phi) is 3.08. The highest BCUT2D eigenvalue weighted by Gasteiger charge is 2.04. The molecule has 2 aromatic rings. The highest BCUT2D eigenvalue weighted by molar-refractivity contribution is 5.57. The van der Waals surface area contributed by atoms with Crippen LogP contribution in [0.1, 0.15) is 11.3 Å². The Hall–Kier alpha value is -3.05. The van der Waals surface area contributed by atoms with Gasteiger partial charge in [0, 0.05) is 0 Å². The molecule has 2 N–H and O–H groups in total. The summed E-state index contributed by atoms with van der Waals surface area (Å²) < 4.78 is 5.50. The van der Waals surface area contributed by atoms with Crippen LogP contribution in [0.15, 0.2) is 36.5 Å². The predicted octanol–water partition coefficient (Wildman–Crippen LogP) is 2.20. The fraction of sp³-hybridized carbons (Fsp3) is 0. The van der Waals surface area contributed by atoms with E-state index in [4.69, 9.17) is 21.0 Å². The lowest BCUT2D eigenvalue weighted by Crippen LogP contribution is -1.93. The lowest BCUT2D eigenvalue weighted by atomic mass is 10.2. The van der Waals surface area contributed by atoms with E-state index < -0.39 is 0 Å². The average molecular weight is 236 g/mol. The number of anilines is 1. The minimum absolute atomic E-state index is 0.315. The Morgan fingerprint density at radius 3 is 2.50 bits per heavy atom. The van der Waals surface area contributed by atoms with Crippen molar-refractivity contribution in [3.63, 3.8) is 0 Å². The van der Waals surface area contributed by atoms with Crippen molar-refractivity contribution >= 4 is 5.69 Å².